The molecule has 1 N–H and O–H groups in total. The summed E-state index contributed by atoms with van der Waals surface area (Å²) in [5.74, 6) is 0.926. The fraction of sp³-hybridized carbons (Fsp3) is 0.280. The maximum absolute atomic E-state index is 6.11. The zero-order chi connectivity index (χ0) is 19.2. The Morgan fingerprint density at radius 3 is 2.43 bits per heavy atom. The number of benzene rings is 3. The van der Waals surface area contributed by atoms with Gasteiger partial charge in [0.25, 0.3) is 0 Å². The SMILES string of the molecule is Cc1ccccc1C(c1cccc(OCc2ccccc2)c1)N1CCNCC1. The van der Waals surface area contributed by atoms with E-state index in [1.54, 1.807) is 0 Å². The van der Waals surface area contributed by atoms with Gasteiger partial charge in [-0.1, -0.05) is 66.7 Å². The van der Waals surface area contributed by atoms with E-state index in [0.29, 0.717) is 6.61 Å². The van der Waals surface area contributed by atoms with Crippen LogP contribution in [0.5, 0.6) is 5.75 Å². The van der Waals surface area contributed by atoms with Crippen molar-refractivity contribution in [1.29, 1.82) is 0 Å². The van der Waals surface area contributed by atoms with Gasteiger partial charge in [0, 0.05) is 26.2 Å². The third-order valence-corrected chi connectivity index (χ3v) is 5.42. The van der Waals surface area contributed by atoms with Crippen molar-refractivity contribution in [3.05, 3.63) is 101 Å². The van der Waals surface area contributed by atoms with E-state index >= 15 is 0 Å². The molecule has 144 valence electrons. The summed E-state index contributed by atoms with van der Waals surface area (Å²) in [7, 11) is 0. The summed E-state index contributed by atoms with van der Waals surface area (Å²) in [6, 6.07) is 27.9. The summed E-state index contributed by atoms with van der Waals surface area (Å²) >= 11 is 0. The Morgan fingerprint density at radius 2 is 1.64 bits per heavy atom. The Kier molecular flexibility index (Phi) is 6.05. The summed E-state index contributed by atoms with van der Waals surface area (Å²) in [5, 5.41) is 3.47. The predicted octanol–water partition coefficient (Wildman–Crippen LogP) is 4.57. The van der Waals surface area contributed by atoms with Crippen molar-refractivity contribution in [2.75, 3.05) is 26.2 Å². The zero-order valence-corrected chi connectivity index (χ0v) is 16.5. The fourth-order valence-corrected chi connectivity index (χ4v) is 3.94. The van der Waals surface area contributed by atoms with Crippen LogP contribution in [0.15, 0.2) is 78.9 Å². The monoisotopic (exact) mass is 372 g/mol. The van der Waals surface area contributed by atoms with Crippen molar-refractivity contribution < 1.29 is 4.74 Å². The second kappa shape index (κ2) is 9.05. The molecule has 4 rings (SSSR count). The third-order valence-electron chi connectivity index (χ3n) is 5.42. The van der Waals surface area contributed by atoms with E-state index < -0.39 is 0 Å². The number of nitrogens with zero attached hydrogens (tertiary/aromatic N) is 1. The number of piperazine rings is 1. The largest absolute Gasteiger partial charge is 0.489 e. The molecule has 0 aromatic heterocycles. The Morgan fingerprint density at radius 1 is 0.893 bits per heavy atom. The molecule has 1 fully saturated rings. The van der Waals surface area contributed by atoms with Gasteiger partial charge in [-0.2, -0.15) is 0 Å². The normalized spacial score (nSPS) is 15.9. The van der Waals surface area contributed by atoms with Gasteiger partial charge < -0.3 is 10.1 Å². The minimum Gasteiger partial charge on any atom is -0.489 e. The van der Waals surface area contributed by atoms with Gasteiger partial charge in [0.1, 0.15) is 12.4 Å². The van der Waals surface area contributed by atoms with Crippen LogP contribution in [-0.2, 0) is 6.61 Å². The van der Waals surface area contributed by atoms with Crippen LogP contribution in [0.2, 0.25) is 0 Å². The minimum absolute atomic E-state index is 0.253. The Hall–Kier alpha value is -2.62. The lowest BCUT2D eigenvalue weighted by molar-refractivity contribution is 0.197. The number of aryl methyl sites for hydroxylation is 1. The summed E-state index contributed by atoms with van der Waals surface area (Å²) in [6.07, 6.45) is 0. The van der Waals surface area contributed by atoms with Crippen molar-refractivity contribution in [3.63, 3.8) is 0 Å². The summed E-state index contributed by atoms with van der Waals surface area (Å²) < 4.78 is 6.11. The van der Waals surface area contributed by atoms with Crippen LogP contribution in [0.3, 0.4) is 0 Å². The predicted molar refractivity (Wildman–Crippen MR) is 115 cm³/mol. The smallest absolute Gasteiger partial charge is 0.120 e. The average molecular weight is 373 g/mol. The molecule has 3 nitrogen and oxygen atoms in total. The van der Waals surface area contributed by atoms with Gasteiger partial charge in [-0.05, 0) is 41.3 Å². The van der Waals surface area contributed by atoms with Crippen LogP contribution < -0.4 is 10.1 Å². The van der Waals surface area contributed by atoms with E-state index in [-0.39, 0.29) is 6.04 Å². The molecule has 0 bridgehead atoms. The third kappa shape index (κ3) is 4.44. The highest BCUT2D eigenvalue weighted by atomic mass is 16.5. The van der Waals surface area contributed by atoms with Crippen LogP contribution >= 0.6 is 0 Å². The molecule has 1 heterocycles. The molecule has 0 radical (unpaired) electrons. The topological polar surface area (TPSA) is 24.5 Å². The maximum atomic E-state index is 6.11. The molecule has 1 aliphatic heterocycles. The van der Waals surface area contributed by atoms with Crippen molar-refractivity contribution in [3.8, 4) is 5.75 Å². The molecule has 0 aliphatic carbocycles. The number of nitrogens with one attached hydrogen (secondary N) is 1. The zero-order valence-electron chi connectivity index (χ0n) is 16.5. The number of rotatable bonds is 6. The standard InChI is InChI=1S/C25H28N2O/c1-20-8-5-6-13-24(20)25(27-16-14-26-15-17-27)22-11-7-12-23(18-22)28-19-21-9-3-2-4-10-21/h2-13,18,25-26H,14-17,19H2,1H3. The molecular weight excluding hydrogens is 344 g/mol. The van der Waals surface area contributed by atoms with Crippen LogP contribution in [-0.4, -0.2) is 31.1 Å². The Balaban J connectivity index is 1.61. The van der Waals surface area contributed by atoms with E-state index in [4.69, 9.17) is 4.74 Å². The van der Waals surface area contributed by atoms with Crippen LogP contribution in [0.25, 0.3) is 0 Å². The van der Waals surface area contributed by atoms with Crippen molar-refractivity contribution >= 4 is 0 Å². The van der Waals surface area contributed by atoms with Gasteiger partial charge >= 0.3 is 0 Å². The molecule has 3 aromatic rings. The summed E-state index contributed by atoms with van der Waals surface area (Å²) in [4.78, 5) is 2.58. The lowest BCUT2D eigenvalue weighted by Crippen LogP contribution is -2.45. The first-order chi connectivity index (χ1) is 13.8. The highest BCUT2D eigenvalue weighted by Gasteiger charge is 2.25. The Labute approximate surface area is 168 Å². The van der Waals surface area contributed by atoms with Gasteiger partial charge in [-0.3, -0.25) is 4.90 Å². The molecule has 1 saturated heterocycles. The molecule has 1 atom stereocenters. The van der Waals surface area contributed by atoms with E-state index in [2.05, 4.69) is 77.8 Å². The maximum Gasteiger partial charge on any atom is 0.120 e. The quantitative estimate of drug-likeness (QED) is 0.686. The molecule has 3 aromatic carbocycles. The van der Waals surface area contributed by atoms with Gasteiger partial charge in [-0.25, -0.2) is 0 Å². The number of ether oxygens (including phenoxy) is 1. The lowest BCUT2D eigenvalue weighted by atomic mass is 9.93. The van der Waals surface area contributed by atoms with Crippen LogP contribution in [0, 0.1) is 6.92 Å². The molecule has 0 spiro atoms. The molecule has 1 aliphatic rings. The first-order valence-electron chi connectivity index (χ1n) is 10.1. The number of hydrogen-bond acceptors (Lipinski definition) is 3. The van der Waals surface area contributed by atoms with E-state index in [1.807, 2.05) is 18.2 Å². The van der Waals surface area contributed by atoms with Gasteiger partial charge in [0.2, 0.25) is 0 Å². The van der Waals surface area contributed by atoms with E-state index in [0.717, 1.165) is 31.9 Å². The molecule has 1 unspecified atom stereocenters. The average Bonchev–Trinajstić information content (AvgIpc) is 2.76. The molecule has 28 heavy (non-hydrogen) atoms. The minimum atomic E-state index is 0.253. The van der Waals surface area contributed by atoms with Gasteiger partial charge in [0.15, 0.2) is 0 Å². The van der Waals surface area contributed by atoms with E-state index in [9.17, 15) is 0 Å². The first kappa shape index (κ1) is 18.7. The molecule has 0 saturated carbocycles. The fourth-order valence-electron chi connectivity index (χ4n) is 3.94. The van der Waals surface area contributed by atoms with Crippen molar-refractivity contribution in [2.45, 2.75) is 19.6 Å². The summed E-state index contributed by atoms with van der Waals surface area (Å²) in [5.41, 5.74) is 5.19. The number of hydrogen-bond donors (Lipinski definition) is 1. The van der Waals surface area contributed by atoms with Crippen LogP contribution in [0.1, 0.15) is 28.3 Å². The van der Waals surface area contributed by atoms with Crippen LogP contribution in [0.4, 0.5) is 0 Å². The van der Waals surface area contributed by atoms with Gasteiger partial charge in [-0.15, -0.1) is 0 Å². The highest BCUT2D eigenvalue weighted by Crippen LogP contribution is 2.33. The molecule has 3 heteroatoms. The first-order valence-corrected chi connectivity index (χ1v) is 10.1. The summed E-state index contributed by atoms with van der Waals surface area (Å²) in [6.45, 7) is 6.97. The second-order valence-electron chi connectivity index (χ2n) is 7.39. The second-order valence-corrected chi connectivity index (χ2v) is 7.39. The highest BCUT2D eigenvalue weighted by molar-refractivity contribution is 5.40. The van der Waals surface area contributed by atoms with E-state index in [1.165, 1.54) is 22.3 Å². The van der Waals surface area contributed by atoms with Crippen molar-refractivity contribution in [1.82, 2.24) is 10.2 Å². The lowest BCUT2D eigenvalue weighted by Gasteiger charge is -2.36. The molecule has 0 amide bonds. The molecular formula is C25H28N2O. The van der Waals surface area contributed by atoms with Gasteiger partial charge in [0.05, 0.1) is 6.04 Å². The van der Waals surface area contributed by atoms with Crippen molar-refractivity contribution in [2.24, 2.45) is 0 Å². The Bertz CT molecular complexity index is 888.